The minimum atomic E-state index is -1.17. The Labute approximate surface area is 196 Å². The minimum absolute atomic E-state index is 0.108. The van der Waals surface area contributed by atoms with Crippen molar-refractivity contribution in [2.24, 2.45) is 0 Å². The normalized spacial score (nSPS) is 17.9. The zero-order valence-electron chi connectivity index (χ0n) is 19.0. The summed E-state index contributed by atoms with van der Waals surface area (Å²) in [7, 11) is 0. The number of anilines is 2. The van der Waals surface area contributed by atoms with Crippen molar-refractivity contribution in [1.82, 2.24) is 10.3 Å². The summed E-state index contributed by atoms with van der Waals surface area (Å²) in [4.78, 5) is 40.4. The number of benzene rings is 1. The van der Waals surface area contributed by atoms with E-state index >= 15 is 0 Å². The van der Waals surface area contributed by atoms with Gasteiger partial charge in [-0.2, -0.15) is 0 Å². The summed E-state index contributed by atoms with van der Waals surface area (Å²) in [5.41, 5.74) is 1.72. The van der Waals surface area contributed by atoms with Crippen LogP contribution in [0.25, 0.3) is 10.4 Å². The molecule has 9 nitrogen and oxygen atoms in total. The van der Waals surface area contributed by atoms with Crippen molar-refractivity contribution in [2.45, 2.75) is 70.9 Å². The van der Waals surface area contributed by atoms with Crippen molar-refractivity contribution in [1.29, 1.82) is 0 Å². The lowest BCUT2D eigenvalue weighted by molar-refractivity contribution is -0.115. The Morgan fingerprint density at radius 3 is 2.55 bits per heavy atom. The largest absolute Gasteiger partial charge is 0.465 e. The van der Waals surface area contributed by atoms with E-state index in [0.717, 1.165) is 41.1 Å². The van der Waals surface area contributed by atoms with Crippen LogP contribution in [0.5, 0.6) is 0 Å². The molecule has 1 aliphatic rings. The van der Waals surface area contributed by atoms with Crippen LogP contribution in [0.4, 0.5) is 21.0 Å². The lowest BCUT2D eigenvalue weighted by Crippen LogP contribution is -2.38. The third kappa shape index (κ3) is 6.92. The lowest BCUT2D eigenvalue weighted by atomic mass is 9.86. The quantitative estimate of drug-likeness (QED) is 0.425. The summed E-state index contributed by atoms with van der Waals surface area (Å²) in [5.74, 6) is 0.153. The molecule has 0 aliphatic heterocycles. The molecule has 1 aliphatic carbocycles. The molecule has 1 aromatic heterocycles. The second kappa shape index (κ2) is 11.1. The van der Waals surface area contributed by atoms with E-state index in [4.69, 9.17) is 9.84 Å². The van der Waals surface area contributed by atoms with Crippen LogP contribution in [0, 0.1) is 0 Å². The van der Waals surface area contributed by atoms with Crippen LogP contribution in [0.1, 0.15) is 63.8 Å². The average molecular weight is 475 g/mol. The second-order valence-corrected chi connectivity index (χ2v) is 9.36. The molecule has 0 spiro atoms. The Morgan fingerprint density at radius 1 is 1.18 bits per heavy atom. The van der Waals surface area contributed by atoms with Gasteiger partial charge in [-0.15, -0.1) is 11.3 Å². The molecule has 1 fully saturated rings. The standard InChI is InChI=1S/C23H30N4O5S/c1-4-20(28)27-18-11-16(25-22(29)30)9-10-17(18)19-12-24-21(33-19)14-5-7-15(8-6-14)26-23(31)32-13(2)3/h9-15,25H,4-8H2,1-3H3,(H,26,31)(H,27,28)(H,29,30). The van der Waals surface area contributed by atoms with Gasteiger partial charge in [-0.05, 0) is 57.7 Å². The third-order valence-electron chi connectivity index (χ3n) is 5.40. The molecule has 1 heterocycles. The first-order chi connectivity index (χ1) is 15.7. The first-order valence-electron chi connectivity index (χ1n) is 11.1. The van der Waals surface area contributed by atoms with Gasteiger partial charge >= 0.3 is 12.2 Å². The molecule has 0 atom stereocenters. The number of rotatable bonds is 7. The number of aromatic nitrogens is 1. The number of carbonyl (C=O) groups is 3. The van der Waals surface area contributed by atoms with Gasteiger partial charge in [0.15, 0.2) is 0 Å². The number of hydrogen-bond donors (Lipinski definition) is 4. The van der Waals surface area contributed by atoms with E-state index in [0.29, 0.717) is 23.7 Å². The predicted octanol–water partition coefficient (Wildman–Crippen LogP) is 5.41. The number of carboxylic acid groups (broad SMARTS) is 1. The summed E-state index contributed by atoms with van der Waals surface area (Å²) in [6, 6.07) is 5.17. The van der Waals surface area contributed by atoms with Crippen molar-refractivity contribution in [2.75, 3.05) is 10.6 Å². The van der Waals surface area contributed by atoms with Crippen LogP contribution in [0.2, 0.25) is 0 Å². The Kier molecular flexibility index (Phi) is 8.26. The van der Waals surface area contributed by atoms with Gasteiger partial charge in [0, 0.05) is 35.8 Å². The van der Waals surface area contributed by atoms with Crippen LogP contribution in [-0.2, 0) is 9.53 Å². The molecule has 33 heavy (non-hydrogen) atoms. The molecular formula is C23H30N4O5S. The number of thiazole rings is 1. The third-order valence-corrected chi connectivity index (χ3v) is 6.59. The molecule has 3 amide bonds. The fourth-order valence-electron chi connectivity index (χ4n) is 3.80. The number of nitrogens with one attached hydrogen (secondary N) is 3. The number of carbonyl (C=O) groups excluding carboxylic acids is 2. The van der Waals surface area contributed by atoms with Crippen molar-refractivity contribution in [3.05, 3.63) is 29.4 Å². The molecule has 1 aromatic carbocycles. The van der Waals surface area contributed by atoms with Crippen molar-refractivity contribution >= 4 is 40.8 Å². The molecule has 0 saturated heterocycles. The number of hydrogen-bond acceptors (Lipinski definition) is 6. The van der Waals surface area contributed by atoms with Crippen molar-refractivity contribution < 1.29 is 24.2 Å². The van der Waals surface area contributed by atoms with Gasteiger partial charge < -0.3 is 20.5 Å². The number of nitrogens with zero attached hydrogens (tertiary/aromatic N) is 1. The lowest BCUT2D eigenvalue weighted by Gasteiger charge is -2.28. The van der Waals surface area contributed by atoms with E-state index in [9.17, 15) is 14.4 Å². The average Bonchev–Trinajstić information content (AvgIpc) is 3.23. The fourth-order valence-corrected chi connectivity index (χ4v) is 4.93. The molecule has 0 radical (unpaired) electrons. The first-order valence-corrected chi connectivity index (χ1v) is 11.9. The van der Waals surface area contributed by atoms with E-state index in [2.05, 4.69) is 20.9 Å². The highest BCUT2D eigenvalue weighted by atomic mass is 32.1. The number of alkyl carbamates (subject to hydrolysis) is 1. The van der Waals surface area contributed by atoms with Crippen molar-refractivity contribution in [3.63, 3.8) is 0 Å². The predicted molar refractivity (Wildman–Crippen MR) is 128 cm³/mol. The minimum Gasteiger partial charge on any atom is -0.465 e. The zero-order valence-corrected chi connectivity index (χ0v) is 19.8. The topological polar surface area (TPSA) is 130 Å². The van der Waals surface area contributed by atoms with Gasteiger partial charge in [-0.25, -0.2) is 14.6 Å². The van der Waals surface area contributed by atoms with E-state index in [1.165, 1.54) is 0 Å². The smallest absolute Gasteiger partial charge is 0.409 e. The summed E-state index contributed by atoms with van der Waals surface area (Å²) < 4.78 is 5.17. The highest BCUT2D eigenvalue weighted by Crippen LogP contribution is 2.40. The Morgan fingerprint density at radius 2 is 1.91 bits per heavy atom. The molecular weight excluding hydrogens is 444 g/mol. The van der Waals surface area contributed by atoms with E-state index in [1.807, 2.05) is 13.8 Å². The second-order valence-electron chi connectivity index (χ2n) is 8.30. The van der Waals surface area contributed by atoms with Crippen LogP contribution in [0.15, 0.2) is 24.4 Å². The maximum Gasteiger partial charge on any atom is 0.409 e. The molecule has 1 saturated carbocycles. The number of ether oxygens (including phenoxy) is 1. The maximum absolute atomic E-state index is 12.0. The van der Waals surface area contributed by atoms with E-state index in [-0.39, 0.29) is 24.1 Å². The van der Waals surface area contributed by atoms with Crippen molar-refractivity contribution in [3.8, 4) is 10.4 Å². The molecule has 0 unspecified atom stereocenters. The van der Waals surface area contributed by atoms with Crippen LogP contribution >= 0.6 is 11.3 Å². The zero-order chi connectivity index (χ0) is 24.0. The highest BCUT2D eigenvalue weighted by Gasteiger charge is 2.26. The van der Waals surface area contributed by atoms with Gasteiger partial charge in [0.25, 0.3) is 0 Å². The SMILES string of the molecule is CCC(=O)Nc1cc(NC(=O)O)ccc1-c1cnc(C2CCC(NC(=O)OC(C)C)CC2)s1. The van der Waals surface area contributed by atoms with E-state index in [1.54, 1.807) is 42.7 Å². The van der Waals surface area contributed by atoms with Crippen LogP contribution in [-0.4, -0.2) is 40.3 Å². The monoisotopic (exact) mass is 474 g/mol. The highest BCUT2D eigenvalue weighted by molar-refractivity contribution is 7.15. The van der Waals surface area contributed by atoms with Gasteiger partial charge in [-0.1, -0.05) is 6.92 Å². The molecule has 178 valence electrons. The summed E-state index contributed by atoms with van der Waals surface area (Å²) in [6.45, 7) is 5.41. The summed E-state index contributed by atoms with van der Waals surface area (Å²) in [6.07, 6.45) is 3.99. The molecule has 3 rings (SSSR count). The van der Waals surface area contributed by atoms with Crippen LogP contribution in [0.3, 0.4) is 0 Å². The molecule has 2 aromatic rings. The van der Waals surface area contributed by atoms with Gasteiger partial charge in [-0.3, -0.25) is 10.1 Å². The summed E-state index contributed by atoms with van der Waals surface area (Å²) >= 11 is 1.57. The van der Waals surface area contributed by atoms with Gasteiger partial charge in [0.1, 0.15) is 0 Å². The molecule has 10 heteroatoms. The van der Waals surface area contributed by atoms with Gasteiger partial charge in [0.2, 0.25) is 5.91 Å². The maximum atomic E-state index is 12.0. The molecule has 4 N–H and O–H groups in total. The Bertz CT molecular complexity index is 998. The molecule has 0 bridgehead atoms. The fraction of sp³-hybridized carbons (Fsp3) is 0.478. The van der Waals surface area contributed by atoms with Gasteiger partial charge in [0.05, 0.1) is 21.7 Å². The number of amides is 3. The Hall–Kier alpha value is -3.14. The van der Waals surface area contributed by atoms with Crippen LogP contribution < -0.4 is 16.0 Å². The Balaban J connectivity index is 1.70. The summed E-state index contributed by atoms with van der Waals surface area (Å²) in [5, 5.41) is 18.1. The first kappa shape index (κ1) is 24.5. The van der Waals surface area contributed by atoms with E-state index < -0.39 is 6.09 Å².